The summed E-state index contributed by atoms with van der Waals surface area (Å²) in [5.74, 6) is 0. The molecule has 0 saturated carbocycles. The second-order valence-electron chi connectivity index (χ2n) is 3.61. The van der Waals surface area contributed by atoms with Crippen molar-refractivity contribution < 1.29 is 17.0 Å². The topological polar surface area (TPSA) is 0 Å². The Morgan fingerprint density at radius 3 is 2.14 bits per heavy atom. The van der Waals surface area contributed by atoms with E-state index in [1.165, 1.54) is 6.42 Å². The van der Waals surface area contributed by atoms with Crippen molar-refractivity contribution in [3.8, 4) is 0 Å². The quantitative estimate of drug-likeness (QED) is 0.640. The first-order valence-electron chi connectivity index (χ1n) is 4.72. The van der Waals surface area contributed by atoms with Crippen molar-refractivity contribution in [3.63, 3.8) is 0 Å². The number of hydrogen-bond donors (Lipinski definition) is 0. The normalized spacial score (nSPS) is 19.8. The van der Waals surface area contributed by atoms with E-state index in [-0.39, 0.29) is 8.80 Å². The van der Waals surface area contributed by atoms with Gasteiger partial charge < -0.3 is 0 Å². The molecular formula is C10H17Cl2SiTi. The molecule has 79 valence electrons. The van der Waals surface area contributed by atoms with Gasteiger partial charge in [0.25, 0.3) is 0 Å². The Bertz CT molecular complexity index is 224. The molecule has 0 aliphatic heterocycles. The minimum absolute atomic E-state index is 0.148. The fraction of sp³-hybridized carbons (Fsp3) is 0.600. The zero-order valence-electron chi connectivity index (χ0n) is 9.20. The van der Waals surface area contributed by atoms with E-state index in [1.54, 1.807) is 11.1 Å². The third kappa shape index (κ3) is 5.18. The standard InChI is InChI=1S/C10H17Si.2ClH.Ti/c1-5-9-6-8(2)10(7-9)11(3)4;;;/h6-7,10H,5H2,1-4H3;2*1H;/q;;;+2/p-2. The molecule has 0 amide bonds. The molecule has 1 rings (SSSR count). The molecule has 0 aromatic rings. The summed E-state index contributed by atoms with van der Waals surface area (Å²) in [5.41, 5.74) is 3.94. The van der Waals surface area contributed by atoms with Gasteiger partial charge in [0.1, 0.15) is 0 Å². The zero-order chi connectivity index (χ0) is 11.1. The van der Waals surface area contributed by atoms with Crippen molar-refractivity contribution >= 4 is 27.4 Å². The van der Waals surface area contributed by atoms with Crippen LogP contribution >= 0.6 is 18.6 Å². The van der Waals surface area contributed by atoms with Crippen molar-refractivity contribution in [1.29, 1.82) is 0 Å². The van der Waals surface area contributed by atoms with Gasteiger partial charge in [-0.15, -0.1) is 0 Å². The summed E-state index contributed by atoms with van der Waals surface area (Å²) in [6, 6.07) is 0. The van der Waals surface area contributed by atoms with Crippen molar-refractivity contribution in [3.05, 3.63) is 23.3 Å². The van der Waals surface area contributed by atoms with Crippen LogP contribution in [0.2, 0.25) is 18.6 Å². The second kappa shape index (κ2) is 8.18. The van der Waals surface area contributed by atoms with E-state index in [0.29, 0.717) is 0 Å². The number of allylic oxidation sites excluding steroid dienone is 4. The Morgan fingerprint density at radius 2 is 1.93 bits per heavy atom. The van der Waals surface area contributed by atoms with Crippen LogP contribution in [-0.4, -0.2) is 8.80 Å². The van der Waals surface area contributed by atoms with Crippen molar-refractivity contribution in [1.82, 2.24) is 0 Å². The Morgan fingerprint density at radius 1 is 1.43 bits per heavy atom. The molecule has 14 heavy (non-hydrogen) atoms. The van der Waals surface area contributed by atoms with Gasteiger partial charge in [-0.1, -0.05) is 43.3 Å². The Labute approximate surface area is 106 Å². The van der Waals surface area contributed by atoms with Crippen LogP contribution in [0.5, 0.6) is 0 Å². The second-order valence-corrected chi connectivity index (χ2v) is 8.97. The van der Waals surface area contributed by atoms with Crippen molar-refractivity contribution in [2.24, 2.45) is 0 Å². The van der Waals surface area contributed by atoms with Crippen LogP contribution in [0.1, 0.15) is 20.3 Å². The van der Waals surface area contributed by atoms with Gasteiger partial charge in [0, 0.05) is 0 Å². The van der Waals surface area contributed by atoms with E-state index >= 15 is 0 Å². The number of rotatable bonds is 2. The molecule has 0 bridgehead atoms. The number of hydrogen-bond acceptors (Lipinski definition) is 0. The van der Waals surface area contributed by atoms with E-state index in [4.69, 9.17) is 18.6 Å². The van der Waals surface area contributed by atoms with Crippen molar-refractivity contribution in [2.75, 3.05) is 0 Å². The first kappa shape index (κ1) is 15.0. The van der Waals surface area contributed by atoms with Gasteiger partial charge in [0.2, 0.25) is 0 Å². The molecule has 0 spiro atoms. The van der Waals surface area contributed by atoms with E-state index in [2.05, 4.69) is 39.1 Å². The van der Waals surface area contributed by atoms with Crippen LogP contribution in [0.4, 0.5) is 0 Å². The first-order chi connectivity index (χ1) is 6.56. The van der Waals surface area contributed by atoms with Crippen LogP contribution in [-0.2, 0) is 17.0 Å². The molecule has 1 aliphatic rings. The van der Waals surface area contributed by atoms with E-state index in [9.17, 15) is 0 Å². The number of halogens is 2. The van der Waals surface area contributed by atoms with Gasteiger partial charge in [-0.25, -0.2) is 0 Å². The maximum atomic E-state index is 4.89. The summed E-state index contributed by atoms with van der Waals surface area (Å²) in [6.07, 6.45) is 6.02. The average molecular weight is 284 g/mol. The summed E-state index contributed by atoms with van der Waals surface area (Å²) >= 11 is -0.556. The predicted octanol–water partition coefficient (Wildman–Crippen LogP) is 4.78. The minimum atomic E-state index is -0.556. The van der Waals surface area contributed by atoms with Gasteiger partial charge in [0.15, 0.2) is 0 Å². The molecule has 0 saturated heterocycles. The van der Waals surface area contributed by atoms with Gasteiger partial charge in [-0.3, -0.25) is 0 Å². The van der Waals surface area contributed by atoms with Crippen LogP contribution in [0, 0.1) is 0 Å². The van der Waals surface area contributed by atoms with Crippen LogP contribution in [0.3, 0.4) is 0 Å². The summed E-state index contributed by atoms with van der Waals surface area (Å²) in [7, 11) is 9.63. The molecule has 0 aromatic heterocycles. The fourth-order valence-corrected chi connectivity index (χ4v) is 3.16. The molecule has 4 heteroatoms. The Hall–Kier alpha value is 0.991. The molecule has 0 aromatic carbocycles. The van der Waals surface area contributed by atoms with Crippen LogP contribution in [0.25, 0.3) is 0 Å². The molecule has 1 aliphatic carbocycles. The molecule has 0 nitrogen and oxygen atoms in total. The fourth-order valence-electron chi connectivity index (χ4n) is 1.62. The Kier molecular flexibility index (Phi) is 8.76. The summed E-state index contributed by atoms with van der Waals surface area (Å²) < 4.78 is 0. The van der Waals surface area contributed by atoms with E-state index in [1.807, 2.05) is 0 Å². The van der Waals surface area contributed by atoms with Crippen LogP contribution in [0.15, 0.2) is 23.3 Å². The average Bonchev–Trinajstić information content (AvgIpc) is 2.48. The predicted molar refractivity (Wildman–Crippen MR) is 65.1 cm³/mol. The van der Waals surface area contributed by atoms with Gasteiger partial charge in [0.05, 0.1) is 8.80 Å². The van der Waals surface area contributed by atoms with E-state index in [0.717, 1.165) is 5.54 Å². The molecule has 0 heterocycles. The Balaban J connectivity index is 0.000000500. The first-order valence-corrected chi connectivity index (χ1v) is 11.6. The summed E-state index contributed by atoms with van der Waals surface area (Å²) in [6.45, 7) is 9.28. The summed E-state index contributed by atoms with van der Waals surface area (Å²) in [4.78, 5) is 0. The molecule has 1 radical (unpaired) electrons. The molecule has 0 fully saturated rings. The molecule has 1 unspecified atom stereocenters. The zero-order valence-corrected chi connectivity index (χ0v) is 13.3. The molecule has 1 atom stereocenters. The van der Waals surface area contributed by atoms with Gasteiger partial charge in [-0.05, 0) is 18.9 Å². The SMILES string of the molecule is CCC1=CC([Si](C)C)C(C)=C1.[Cl][Ti][Cl]. The summed E-state index contributed by atoms with van der Waals surface area (Å²) in [5, 5.41) is 0. The van der Waals surface area contributed by atoms with Crippen LogP contribution < -0.4 is 0 Å². The maximum absolute atomic E-state index is 4.89. The third-order valence-corrected chi connectivity index (χ3v) is 4.18. The van der Waals surface area contributed by atoms with E-state index < -0.39 is 17.0 Å². The molecule has 0 N–H and O–H groups in total. The van der Waals surface area contributed by atoms with Gasteiger partial charge >= 0.3 is 35.6 Å². The monoisotopic (exact) mass is 283 g/mol. The van der Waals surface area contributed by atoms with Crippen molar-refractivity contribution in [2.45, 2.75) is 38.9 Å². The molecular weight excluding hydrogens is 267 g/mol. The third-order valence-electron chi connectivity index (χ3n) is 2.31. The van der Waals surface area contributed by atoms with Gasteiger partial charge in [-0.2, -0.15) is 0 Å².